The van der Waals surface area contributed by atoms with Crippen molar-refractivity contribution in [1.82, 2.24) is 0 Å². The molecule has 0 amide bonds. The molecule has 2 rings (SSSR count). The molecule has 0 spiro atoms. The average Bonchev–Trinajstić information content (AvgIpc) is 2.48. The first-order valence-corrected chi connectivity index (χ1v) is 8.20. The molecular formula is C16H24BrNO2. The quantitative estimate of drug-likeness (QED) is 0.858. The molecule has 0 saturated carbocycles. The molecular weight excluding hydrogens is 318 g/mol. The molecule has 1 saturated heterocycles. The molecule has 1 heterocycles. The average molecular weight is 342 g/mol. The summed E-state index contributed by atoms with van der Waals surface area (Å²) in [6.45, 7) is 4.59. The van der Waals surface area contributed by atoms with Crippen molar-refractivity contribution < 1.29 is 9.47 Å². The molecule has 0 radical (unpaired) electrons. The zero-order valence-corrected chi connectivity index (χ0v) is 13.6. The van der Waals surface area contributed by atoms with Crippen molar-refractivity contribution in [2.45, 2.75) is 38.3 Å². The molecule has 3 nitrogen and oxygen atoms in total. The monoisotopic (exact) mass is 341 g/mol. The van der Waals surface area contributed by atoms with Gasteiger partial charge in [0.05, 0.1) is 12.7 Å². The van der Waals surface area contributed by atoms with Crippen LogP contribution in [0.4, 0.5) is 0 Å². The van der Waals surface area contributed by atoms with Crippen LogP contribution in [0.1, 0.15) is 37.9 Å². The standard InChI is InChI=1S/C16H24BrNO2/c1-2-15(18)16(13-4-3-5-14(17)10-13)20-11-12-6-8-19-9-7-12/h3-5,10,12,15-16H,2,6-9,11,18H2,1H3. The third-order valence-corrected chi connectivity index (χ3v) is 4.38. The summed E-state index contributed by atoms with van der Waals surface area (Å²) in [5, 5.41) is 0. The van der Waals surface area contributed by atoms with Crippen molar-refractivity contribution in [1.29, 1.82) is 0 Å². The van der Waals surface area contributed by atoms with E-state index in [0.717, 1.165) is 49.1 Å². The molecule has 1 aromatic carbocycles. The Bertz CT molecular complexity index is 407. The van der Waals surface area contributed by atoms with Gasteiger partial charge in [0.15, 0.2) is 0 Å². The SMILES string of the molecule is CCC(N)C(OCC1CCOCC1)c1cccc(Br)c1. The molecule has 1 aliphatic rings. The van der Waals surface area contributed by atoms with Crippen molar-refractivity contribution in [3.8, 4) is 0 Å². The summed E-state index contributed by atoms with van der Waals surface area (Å²) in [5.74, 6) is 0.599. The van der Waals surface area contributed by atoms with Gasteiger partial charge in [-0.15, -0.1) is 0 Å². The van der Waals surface area contributed by atoms with Gasteiger partial charge in [0.1, 0.15) is 0 Å². The van der Waals surface area contributed by atoms with Gasteiger partial charge in [-0.3, -0.25) is 0 Å². The Hall–Kier alpha value is -0.420. The predicted octanol–water partition coefficient (Wildman–Crippen LogP) is 3.67. The second kappa shape index (κ2) is 8.13. The van der Waals surface area contributed by atoms with Crippen LogP contribution in [0, 0.1) is 5.92 Å². The topological polar surface area (TPSA) is 44.5 Å². The van der Waals surface area contributed by atoms with Crippen LogP contribution < -0.4 is 5.73 Å². The molecule has 20 heavy (non-hydrogen) atoms. The molecule has 0 aromatic heterocycles. The van der Waals surface area contributed by atoms with Crippen LogP contribution in [-0.2, 0) is 9.47 Å². The third kappa shape index (κ3) is 4.55. The zero-order valence-electron chi connectivity index (χ0n) is 12.1. The fourth-order valence-electron chi connectivity index (χ4n) is 2.52. The molecule has 2 atom stereocenters. The zero-order chi connectivity index (χ0) is 14.4. The van der Waals surface area contributed by atoms with Crippen LogP contribution in [0.3, 0.4) is 0 Å². The van der Waals surface area contributed by atoms with E-state index in [-0.39, 0.29) is 12.1 Å². The smallest absolute Gasteiger partial charge is 0.0976 e. The summed E-state index contributed by atoms with van der Waals surface area (Å²) in [6, 6.07) is 8.28. The first-order valence-electron chi connectivity index (χ1n) is 7.41. The first kappa shape index (κ1) is 16.0. The highest BCUT2D eigenvalue weighted by Crippen LogP contribution is 2.27. The lowest BCUT2D eigenvalue weighted by Gasteiger charge is -2.28. The Labute approximate surface area is 130 Å². The highest BCUT2D eigenvalue weighted by Gasteiger charge is 2.22. The lowest BCUT2D eigenvalue weighted by molar-refractivity contribution is -0.0211. The number of rotatable bonds is 6. The van der Waals surface area contributed by atoms with E-state index in [1.807, 2.05) is 12.1 Å². The van der Waals surface area contributed by atoms with Crippen LogP contribution in [-0.4, -0.2) is 25.9 Å². The molecule has 1 aromatic rings. The van der Waals surface area contributed by atoms with Crippen molar-refractivity contribution in [2.75, 3.05) is 19.8 Å². The summed E-state index contributed by atoms with van der Waals surface area (Å²) in [7, 11) is 0. The van der Waals surface area contributed by atoms with E-state index in [9.17, 15) is 0 Å². The molecule has 0 aliphatic carbocycles. The molecule has 1 aliphatic heterocycles. The van der Waals surface area contributed by atoms with E-state index < -0.39 is 0 Å². The molecule has 0 bridgehead atoms. The normalized spacial score (nSPS) is 19.8. The fourth-order valence-corrected chi connectivity index (χ4v) is 2.93. The maximum Gasteiger partial charge on any atom is 0.0976 e. The van der Waals surface area contributed by atoms with Gasteiger partial charge in [-0.05, 0) is 42.9 Å². The van der Waals surface area contributed by atoms with E-state index in [4.69, 9.17) is 15.2 Å². The Morgan fingerprint density at radius 3 is 2.80 bits per heavy atom. The van der Waals surface area contributed by atoms with E-state index >= 15 is 0 Å². The van der Waals surface area contributed by atoms with Gasteiger partial charge in [-0.2, -0.15) is 0 Å². The second-order valence-electron chi connectivity index (χ2n) is 5.44. The Morgan fingerprint density at radius 1 is 1.40 bits per heavy atom. The van der Waals surface area contributed by atoms with Gasteiger partial charge in [-0.1, -0.05) is 35.0 Å². The minimum Gasteiger partial charge on any atom is -0.381 e. The molecule has 2 N–H and O–H groups in total. The fraction of sp³-hybridized carbons (Fsp3) is 0.625. The number of nitrogens with two attached hydrogens (primary N) is 1. The van der Waals surface area contributed by atoms with Crippen LogP contribution in [0.5, 0.6) is 0 Å². The van der Waals surface area contributed by atoms with Crippen molar-refractivity contribution in [3.63, 3.8) is 0 Å². The number of halogens is 1. The van der Waals surface area contributed by atoms with Gasteiger partial charge in [-0.25, -0.2) is 0 Å². The first-order chi connectivity index (χ1) is 9.70. The van der Waals surface area contributed by atoms with Crippen molar-refractivity contribution in [2.24, 2.45) is 11.7 Å². The lowest BCUT2D eigenvalue weighted by Crippen LogP contribution is -2.31. The Balaban J connectivity index is 2.00. The van der Waals surface area contributed by atoms with Crippen molar-refractivity contribution in [3.05, 3.63) is 34.3 Å². The molecule has 2 unspecified atom stereocenters. The van der Waals surface area contributed by atoms with E-state index in [1.165, 1.54) is 0 Å². The highest BCUT2D eigenvalue weighted by molar-refractivity contribution is 9.10. The van der Waals surface area contributed by atoms with Crippen molar-refractivity contribution >= 4 is 15.9 Å². The summed E-state index contributed by atoms with van der Waals surface area (Å²) >= 11 is 3.52. The van der Waals surface area contributed by atoms with Gasteiger partial charge < -0.3 is 15.2 Å². The summed E-state index contributed by atoms with van der Waals surface area (Å²) in [4.78, 5) is 0. The Kier molecular flexibility index (Phi) is 6.49. The van der Waals surface area contributed by atoms with Crippen LogP contribution >= 0.6 is 15.9 Å². The maximum absolute atomic E-state index is 6.25. The van der Waals surface area contributed by atoms with Gasteiger partial charge in [0.2, 0.25) is 0 Å². The Morgan fingerprint density at radius 2 is 2.15 bits per heavy atom. The lowest BCUT2D eigenvalue weighted by atomic mass is 9.99. The van der Waals surface area contributed by atoms with E-state index in [0.29, 0.717) is 5.92 Å². The maximum atomic E-state index is 6.25. The number of hydrogen-bond donors (Lipinski definition) is 1. The second-order valence-corrected chi connectivity index (χ2v) is 6.35. The third-order valence-electron chi connectivity index (χ3n) is 3.89. The summed E-state index contributed by atoms with van der Waals surface area (Å²) in [6.07, 6.45) is 3.06. The minimum absolute atomic E-state index is 0.0275. The van der Waals surface area contributed by atoms with Gasteiger partial charge in [0.25, 0.3) is 0 Å². The molecule has 112 valence electrons. The van der Waals surface area contributed by atoms with Gasteiger partial charge >= 0.3 is 0 Å². The van der Waals surface area contributed by atoms with Crippen LogP contribution in [0.15, 0.2) is 28.7 Å². The summed E-state index contributed by atoms with van der Waals surface area (Å²) in [5.41, 5.74) is 7.40. The van der Waals surface area contributed by atoms with E-state index in [1.54, 1.807) is 0 Å². The van der Waals surface area contributed by atoms with Crippen LogP contribution in [0.2, 0.25) is 0 Å². The largest absolute Gasteiger partial charge is 0.381 e. The summed E-state index contributed by atoms with van der Waals surface area (Å²) < 4.78 is 12.6. The number of benzene rings is 1. The number of hydrogen-bond acceptors (Lipinski definition) is 3. The van der Waals surface area contributed by atoms with Gasteiger partial charge in [0, 0.05) is 23.7 Å². The van der Waals surface area contributed by atoms with Crippen LogP contribution in [0.25, 0.3) is 0 Å². The minimum atomic E-state index is -0.0275. The molecule has 4 heteroatoms. The predicted molar refractivity (Wildman–Crippen MR) is 84.6 cm³/mol. The number of ether oxygens (including phenoxy) is 2. The van der Waals surface area contributed by atoms with E-state index in [2.05, 4.69) is 35.0 Å². The highest BCUT2D eigenvalue weighted by atomic mass is 79.9. The molecule has 1 fully saturated rings.